The number of hydrogen-bond acceptors (Lipinski definition) is 10. The predicted octanol–water partition coefficient (Wildman–Crippen LogP) is 4.24. The molecule has 2 aromatic carbocycles. The summed E-state index contributed by atoms with van der Waals surface area (Å²) in [6, 6.07) is 13.3. The van der Waals surface area contributed by atoms with E-state index < -0.39 is 5.82 Å². The van der Waals surface area contributed by atoms with Crippen molar-refractivity contribution in [3.05, 3.63) is 85.1 Å². The number of ether oxygens (including phenoxy) is 1. The number of nitrogens with one attached hydrogen (secondary N) is 3. The van der Waals surface area contributed by atoms with E-state index in [0.29, 0.717) is 22.9 Å². The summed E-state index contributed by atoms with van der Waals surface area (Å²) in [7, 11) is 3.66. The third kappa shape index (κ3) is 6.78. The molecular formula is C30H32FN9O2. The standard InChI is InChI=1S/C30H32FN9O2/c1-4-11-32-29(41)25-19-35-30(37-21-5-8-23(9-6-21)40-14-12-39(2)13-15-40)38-28(25)36-22-7-10-26(42-3)24(16-22)27-33-17-20(31)18-34-27/h4-10,16-19H,1,11-15H2,2-3H3,(H,32,41)(H2,35,36,37,38). The number of carbonyl (C=O) groups is 1. The van der Waals surface area contributed by atoms with Crippen LogP contribution in [0, 0.1) is 5.82 Å². The Kier molecular flexibility index (Phi) is 8.83. The number of anilines is 5. The Morgan fingerprint density at radius 3 is 2.40 bits per heavy atom. The lowest BCUT2D eigenvalue weighted by atomic mass is 10.1. The molecule has 5 rings (SSSR count). The highest BCUT2D eigenvalue weighted by molar-refractivity contribution is 5.99. The summed E-state index contributed by atoms with van der Waals surface area (Å²) in [5.74, 6) is 0.459. The largest absolute Gasteiger partial charge is 0.496 e. The first-order valence-electron chi connectivity index (χ1n) is 13.4. The van der Waals surface area contributed by atoms with Crippen LogP contribution in [-0.2, 0) is 0 Å². The van der Waals surface area contributed by atoms with E-state index in [1.54, 1.807) is 24.3 Å². The van der Waals surface area contributed by atoms with Crippen LogP contribution in [0.4, 0.5) is 33.2 Å². The molecule has 3 N–H and O–H groups in total. The van der Waals surface area contributed by atoms with E-state index in [0.717, 1.165) is 49.9 Å². The second-order valence-electron chi connectivity index (χ2n) is 9.68. The first kappa shape index (κ1) is 28.4. The molecule has 42 heavy (non-hydrogen) atoms. The van der Waals surface area contributed by atoms with E-state index >= 15 is 0 Å². The maximum Gasteiger partial charge on any atom is 0.256 e. The first-order valence-corrected chi connectivity index (χ1v) is 13.4. The molecule has 0 radical (unpaired) electrons. The molecule has 0 spiro atoms. The van der Waals surface area contributed by atoms with Crippen LogP contribution < -0.4 is 25.6 Å². The van der Waals surface area contributed by atoms with E-state index in [1.807, 2.05) is 12.1 Å². The topological polar surface area (TPSA) is 120 Å². The molecule has 0 aliphatic carbocycles. The van der Waals surface area contributed by atoms with Crippen LogP contribution in [0.15, 0.2) is 73.7 Å². The number of amides is 1. The number of nitrogens with zero attached hydrogens (tertiary/aromatic N) is 6. The SMILES string of the molecule is C=CCNC(=O)c1cnc(Nc2ccc(N3CCN(C)CC3)cc2)nc1Nc1ccc(OC)c(-c2ncc(F)cn2)c1. The van der Waals surface area contributed by atoms with Crippen molar-refractivity contribution in [2.75, 3.05) is 62.4 Å². The molecule has 0 unspecified atom stereocenters. The third-order valence-corrected chi connectivity index (χ3v) is 6.76. The Morgan fingerprint density at radius 1 is 1.00 bits per heavy atom. The van der Waals surface area contributed by atoms with Gasteiger partial charge in [0.25, 0.3) is 5.91 Å². The second kappa shape index (κ2) is 13.0. The number of halogens is 1. The molecule has 1 saturated heterocycles. The van der Waals surface area contributed by atoms with E-state index in [-0.39, 0.29) is 29.7 Å². The minimum absolute atomic E-state index is 0.239. The molecule has 0 atom stereocenters. The fourth-order valence-corrected chi connectivity index (χ4v) is 4.46. The normalized spacial score (nSPS) is 13.4. The van der Waals surface area contributed by atoms with E-state index in [4.69, 9.17) is 4.74 Å². The fraction of sp³-hybridized carbons (Fsp3) is 0.233. The minimum atomic E-state index is -0.544. The van der Waals surface area contributed by atoms with Crippen molar-refractivity contribution < 1.29 is 13.9 Å². The Labute approximate surface area is 243 Å². The van der Waals surface area contributed by atoms with Gasteiger partial charge in [-0.15, -0.1) is 6.58 Å². The molecule has 1 fully saturated rings. The van der Waals surface area contributed by atoms with Gasteiger partial charge in [-0.3, -0.25) is 4.79 Å². The molecule has 3 heterocycles. The van der Waals surface area contributed by atoms with Crippen LogP contribution >= 0.6 is 0 Å². The molecule has 1 aliphatic heterocycles. The summed E-state index contributed by atoms with van der Waals surface area (Å²) in [6.07, 6.45) is 5.22. The molecule has 0 saturated carbocycles. The summed E-state index contributed by atoms with van der Waals surface area (Å²) in [6.45, 7) is 7.97. The Bertz CT molecular complexity index is 1540. The zero-order valence-electron chi connectivity index (χ0n) is 23.5. The average molecular weight is 570 g/mol. The lowest BCUT2D eigenvalue weighted by Gasteiger charge is -2.34. The van der Waals surface area contributed by atoms with Crippen molar-refractivity contribution in [2.24, 2.45) is 0 Å². The number of carbonyl (C=O) groups excluding carboxylic acids is 1. The quantitative estimate of drug-likeness (QED) is 0.239. The van der Waals surface area contributed by atoms with Crippen LogP contribution in [0.5, 0.6) is 5.75 Å². The van der Waals surface area contributed by atoms with Crippen molar-refractivity contribution >= 4 is 34.7 Å². The van der Waals surface area contributed by atoms with Crippen LogP contribution in [0.25, 0.3) is 11.4 Å². The van der Waals surface area contributed by atoms with Gasteiger partial charge in [0, 0.05) is 56.0 Å². The minimum Gasteiger partial charge on any atom is -0.496 e. The van der Waals surface area contributed by atoms with Gasteiger partial charge < -0.3 is 30.5 Å². The van der Waals surface area contributed by atoms with E-state index in [1.165, 1.54) is 13.3 Å². The van der Waals surface area contributed by atoms with Crippen LogP contribution in [0.2, 0.25) is 0 Å². The summed E-state index contributed by atoms with van der Waals surface area (Å²) in [5.41, 5.74) is 3.32. The fourth-order valence-electron chi connectivity index (χ4n) is 4.46. The summed E-state index contributed by atoms with van der Waals surface area (Å²) in [5, 5.41) is 9.20. The number of likely N-dealkylation sites (N-methyl/N-ethyl adjacent to an activating group) is 1. The highest BCUT2D eigenvalue weighted by Gasteiger charge is 2.18. The van der Waals surface area contributed by atoms with Crippen molar-refractivity contribution in [3.63, 3.8) is 0 Å². The van der Waals surface area contributed by atoms with Gasteiger partial charge in [-0.1, -0.05) is 6.08 Å². The van der Waals surface area contributed by atoms with E-state index in [2.05, 4.69) is 71.4 Å². The molecule has 2 aromatic heterocycles. The smallest absolute Gasteiger partial charge is 0.256 e. The third-order valence-electron chi connectivity index (χ3n) is 6.76. The van der Waals surface area contributed by atoms with Crippen molar-refractivity contribution in [3.8, 4) is 17.1 Å². The number of hydrogen-bond donors (Lipinski definition) is 3. The number of aromatic nitrogens is 4. The molecule has 12 heteroatoms. The van der Waals surface area contributed by atoms with Crippen LogP contribution in [0.1, 0.15) is 10.4 Å². The van der Waals surface area contributed by atoms with Gasteiger partial charge in [-0.05, 0) is 49.5 Å². The summed E-state index contributed by atoms with van der Waals surface area (Å²) >= 11 is 0. The molecule has 0 bridgehead atoms. The van der Waals surface area contributed by atoms with Crippen molar-refractivity contribution in [1.82, 2.24) is 30.2 Å². The van der Waals surface area contributed by atoms with Gasteiger partial charge in [0.15, 0.2) is 11.6 Å². The molecule has 4 aromatic rings. The highest BCUT2D eigenvalue weighted by atomic mass is 19.1. The summed E-state index contributed by atoms with van der Waals surface area (Å²) < 4.78 is 18.9. The Balaban J connectivity index is 1.41. The highest BCUT2D eigenvalue weighted by Crippen LogP contribution is 2.32. The molecule has 216 valence electrons. The Morgan fingerprint density at radius 2 is 1.71 bits per heavy atom. The van der Waals surface area contributed by atoms with Gasteiger partial charge in [0.05, 0.1) is 25.1 Å². The van der Waals surface area contributed by atoms with Crippen LogP contribution in [0.3, 0.4) is 0 Å². The number of rotatable bonds is 10. The van der Waals surface area contributed by atoms with E-state index in [9.17, 15) is 9.18 Å². The molecule has 11 nitrogen and oxygen atoms in total. The molecule has 1 aliphatic rings. The molecule has 1 amide bonds. The first-order chi connectivity index (χ1) is 20.4. The summed E-state index contributed by atoms with van der Waals surface area (Å²) in [4.78, 5) is 34.8. The maximum atomic E-state index is 13.4. The number of methoxy groups -OCH3 is 1. The van der Waals surface area contributed by atoms with Gasteiger partial charge in [-0.25, -0.2) is 19.3 Å². The lowest BCUT2D eigenvalue weighted by Crippen LogP contribution is -2.44. The van der Waals surface area contributed by atoms with Gasteiger partial charge in [0.2, 0.25) is 5.95 Å². The Hall–Kier alpha value is -5.10. The molecular weight excluding hydrogens is 537 g/mol. The van der Waals surface area contributed by atoms with Crippen molar-refractivity contribution in [2.45, 2.75) is 0 Å². The van der Waals surface area contributed by atoms with Gasteiger partial charge in [-0.2, -0.15) is 4.98 Å². The zero-order valence-corrected chi connectivity index (χ0v) is 23.5. The predicted molar refractivity (Wildman–Crippen MR) is 161 cm³/mol. The monoisotopic (exact) mass is 569 g/mol. The van der Waals surface area contributed by atoms with Gasteiger partial charge in [0.1, 0.15) is 17.1 Å². The average Bonchev–Trinajstić information content (AvgIpc) is 3.01. The lowest BCUT2D eigenvalue weighted by molar-refractivity contribution is 0.0958. The number of benzene rings is 2. The van der Waals surface area contributed by atoms with Gasteiger partial charge >= 0.3 is 0 Å². The maximum absolute atomic E-state index is 13.4. The van der Waals surface area contributed by atoms with Crippen molar-refractivity contribution in [1.29, 1.82) is 0 Å². The number of piperazine rings is 1. The zero-order chi connectivity index (χ0) is 29.5. The second-order valence-corrected chi connectivity index (χ2v) is 9.68. The van der Waals surface area contributed by atoms with Crippen LogP contribution in [-0.4, -0.2) is 77.6 Å².